The van der Waals surface area contributed by atoms with Crippen LogP contribution in [0.3, 0.4) is 0 Å². The van der Waals surface area contributed by atoms with Crippen LogP contribution in [0.4, 0.5) is 0 Å². The van der Waals surface area contributed by atoms with Gasteiger partial charge in [-0.1, -0.05) is 6.07 Å². The van der Waals surface area contributed by atoms with Gasteiger partial charge in [0.2, 0.25) is 0 Å². The van der Waals surface area contributed by atoms with Crippen molar-refractivity contribution in [3.05, 3.63) is 36.0 Å². The fourth-order valence-electron chi connectivity index (χ4n) is 4.09. The molecule has 0 bridgehead atoms. The third-order valence-corrected chi connectivity index (χ3v) is 5.68. The highest BCUT2D eigenvalue weighted by Gasteiger charge is 2.24. The van der Waals surface area contributed by atoms with E-state index in [-0.39, 0.29) is 5.91 Å². The fourth-order valence-corrected chi connectivity index (χ4v) is 4.09. The first-order valence-corrected chi connectivity index (χ1v) is 9.30. The van der Waals surface area contributed by atoms with Crippen molar-refractivity contribution in [1.29, 1.82) is 0 Å². The molecule has 3 heterocycles. The summed E-state index contributed by atoms with van der Waals surface area (Å²) in [6.45, 7) is 5.63. The molecule has 2 aliphatic rings. The Labute approximate surface area is 143 Å². The van der Waals surface area contributed by atoms with Crippen LogP contribution >= 0.6 is 0 Å². The number of likely N-dealkylation sites (tertiary alicyclic amines) is 2. The Bertz CT molecular complexity index is 694. The number of aromatic nitrogens is 1. The van der Waals surface area contributed by atoms with E-state index < -0.39 is 0 Å². The van der Waals surface area contributed by atoms with Crippen LogP contribution in [-0.2, 0) is 0 Å². The number of carbonyl (C=O) groups is 1. The molecule has 2 fully saturated rings. The zero-order valence-corrected chi connectivity index (χ0v) is 14.3. The Kier molecular flexibility index (Phi) is 4.56. The molecule has 24 heavy (non-hydrogen) atoms. The van der Waals surface area contributed by atoms with Crippen LogP contribution < -0.4 is 0 Å². The third-order valence-electron chi connectivity index (χ3n) is 5.68. The maximum Gasteiger partial charge on any atom is 0.253 e. The molecule has 4 rings (SSSR count). The Balaban J connectivity index is 1.30. The quantitative estimate of drug-likeness (QED) is 0.937. The fraction of sp³-hybridized carbons (Fsp3) is 0.550. The minimum absolute atomic E-state index is 0.171. The lowest BCUT2D eigenvalue weighted by atomic mass is 9.93. The van der Waals surface area contributed by atoms with E-state index in [0.717, 1.165) is 48.3 Å². The predicted molar refractivity (Wildman–Crippen MR) is 96.1 cm³/mol. The van der Waals surface area contributed by atoms with Crippen molar-refractivity contribution < 1.29 is 4.79 Å². The molecule has 1 radical (unpaired) electrons. The minimum Gasteiger partial charge on any atom is -0.361 e. The van der Waals surface area contributed by atoms with E-state index in [2.05, 4.69) is 16.0 Å². The molecule has 0 atom stereocenters. The van der Waals surface area contributed by atoms with Gasteiger partial charge in [0.05, 0.1) is 0 Å². The molecule has 4 heteroatoms. The van der Waals surface area contributed by atoms with Gasteiger partial charge in [-0.3, -0.25) is 4.79 Å². The summed E-state index contributed by atoms with van der Waals surface area (Å²) in [6.07, 6.45) is 8.14. The first kappa shape index (κ1) is 15.7. The monoisotopic (exact) mass is 324 g/mol. The SMILES string of the molecule is O=C(c1ccc2[c]c[nH]c2c1)N1CCC(CCN2CCCC2)CC1. The van der Waals surface area contributed by atoms with Gasteiger partial charge in [0, 0.05) is 41.8 Å². The number of nitrogens with one attached hydrogen (secondary N) is 1. The molecule has 1 aromatic carbocycles. The lowest BCUT2D eigenvalue weighted by Crippen LogP contribution is -2.39. The summed E-state index contributed by atoms with van der Waals surface area (Å²) in [5, 5.41) is 1.03. The van der Waals surface area contributed by atoms with E-state index >= 15 is 0 Å². The second-order valence-electron chi connectivity index (χ2n) is 7.27. The number of hydrogen-bond donors (Lipinski definition) is 1. The Morgan fingerprint density at radius 2 is 1.96 bits per heavy atom. The maximum absolute atomic E-state index is 12.7. The highest BCUT2D eigenvalue weighted by molar-refractivity contribution is 5.97. The van der Waals surface area contributed by atoms with Crippen LogP contribution in [-0.4, -0.2) is 53.4 Å². The van der Waals surface area contributed by atoms with Gasteiger partial charge in [-0.25, -0.2) is 0 Å². The summed E-state index contributed by atoms with van der Waals surface area (Å²) >= 11 is 0. The molecular weight excluding hydrogens is 298 g/mol. The van der Waals surface area contributed by atoms with Crippen LogP contribution in [0.15, 0.2) is 24.4 Å². The van der Waals surface area contributed by atoms with Gasteiger partial charge in [-0.2, -0.15) is 0 Å². The molecule has 1 N–H and O–H groups in total. The van der Waals surface area contributed by atoms with Gasteiger partial charge >= 0.3 is 0 Å². The van der Waals surface area contributed by atoms with E-state index in [1.807, 2.05) is 23.1 Å². The number of H-pyrrole nitrogens is 1. The highest BCUT2D eigenvalue weighted by atomic mass is 16.2. The van der Waals surface area contributed by atoms with E-state index in [9.17, 15) is 4.79 Å². The number of aromatic amines is 1. The zero-order valence-electron chi connectivity index (χ0n) is 14.3. The minimum atomic E-state index is 0.171. The highest BCUT2D eigenvalue weighted by Crippen LogP contribution is 2.24. The van der Waals surface area contributed by atoms with Crippen molar-refractivity contribution in [2.24, 2.45) is 5.92 Å². The largest absolute Gasteiger partial charge is 0.361 e. The summed E-state index contributed by atoms with van der Waals surface area (Å²) in [5.74, 6) is 0.958. The van der Waals surface area contributed by atoms with E-state index in [0.29, 0.717) is 0 Å². The summed E-state index contributed by atoms with van der Waals surface area (Å²) < 4.78 is 0. The van der Waals surface area contributed by atoms with Crippen LogP contribution in [0.2, 0.25) is 0 Å². The Morgan fingerprint density at radius 3 is 2.75 bits per heavy atom. The van der Waals surface area contributed by atoms with Gasteiger partial charge in [0.25, 0.3) is 5.91 Å². The summed E-state index contributed by atoms with van der Waals surface area (Å²) in [6, 6.07) is 8.97. The lowest BCUT2D eigenvalue weighted by Gasteiger charge is -2.32. The maximum atomic E-state index is 12.7. The molecule has 1 amide bonds. The number of carbonyl (C=O) groups excluding carboxylic acids is 1. The number of amides is 1. The van der Waals surface area contributed by atoms with Crippen LogP contribution in [0.5, 0.6) is 0 Å². The van der Waals surface area contributed by atoms with Crippen molar-refractivity contribution in [3.63, 3.8) is 0 Å². The van der Waals surface area contributed by atoms with Crippen molar-refractivity contribution in [3.8, 4) is 0 Å². The van der Waals surface area contributed by atoms with Crippen molar-refractivity contribution >= 4 is 16.8 Å². The third kappa shape index (κ3) is 3.34. The van der Waals surface area contributed by atoms with Gasteiger partial charge < -0.3 is 14.8 Å². The molecule has 4 nitrogen and oxygen atoms in total. The van der Waals surface area contributed by atoms with Gasteiger partial charge in [0.15, 0.2) is 0 Å². The molecule has 0 aliphatic carbocycles. The number of rotatable bonds is 4. The summed E-state index contributed by atoms with van der Waals surface area (Å²) in [4.78, 5) is 20.5. The standard InChI is InChI=1S/C20H26N3O/c24-20(18-4-3-17-5-9-21-19(17)15-18)23-13-7-16(8-14-23)6-12-22-10-1-2-11-22/h3-4,9,15-16,21H,1-2,6-8,10-14H2. The first-order chi connectivity index (χ1) is 11.8. The van der Waals surface area contributed by atoms with Crippen molar-refractivity contribution in [2.45, 2.75) is 32.1 Å². The van der Waals surface area contributed by atoms with Crippen molar-refractivity contribution in [2.75, 3.05) is 32.7 Å². The lowest BCUT2D eigenvalue weighted by molar-refractivity contribution is 0.0682. The van der Waals surface area contributed by atoms with E-state index in [4.69, 9.17) is 0 Å². The number of piperidine rings is 1. The summed E-state index contributed by atoms with van der Waals surface area (Å²) in [5.41, 5.74) is 1.77. The molecule has 2 aliphatic heterocycles. The first-order valence-electron chi connectivity index (χ1n) is 9.30. The van der Waals surface area contributed by atoms with E-state index in [1.54, 1.807) is 6.20 Å². The predicted octanol–water partition coefficient (Wildman–Crippen LogP) is 3.31. The number of hydrogen-bond acceptors (Lipinski definition) is 2. The van der Waals surface area contributed by atoms with E-state index in [1.165, 1.54) is 38.9 Å². The van der Waals surface area contributed by atoms with Gasteiger partial charge in [-0.05, 0) is 69.8 Å². The van der Waals surface area contributed by atoms with Gasteiger partial charge in [-0.15, -0.1) is 0 Å². The number of fused-ring (bicyclic) bond motifs is 1. The van der Waals surface area contributed by atoms with Gasteiger partial charge in [0.1, 0.15) is 0 Å². The number of nitrogens with zero attached hydrogens (tertiary/aromatic N) is 2. The molecule has 0 unspecified atom stereocenters. The molecule has 1 aromatic heterocycles. The molecule has 2 saturated heterocycles. The van der Waals surface area contributed by atoms with Crippen LogP contribution in [0.25, 0.3) is 10.9 Å². The smallest absolute Gasteiger partial charge is 0.253 e. The second kappa shape index (κ2) is 6.98. The van der Waals surface area contributed by atoms with Crippen LogP contribution in [0, 0.1) is 12.0 Å². The second-order valence-corrected chi connectivity index (χ2v) is 7.27. The topological polar surface area (TPSA) is 39.3 Å². The van der Waals surface area contributed by atoms with Crippen LogP contribution in [0.1, 0.15) is 42.5 Å². The molecular formula is C20H26N3O. The van der Waals surface area contributed by atoms with Crippen molar-refractivity contribution in [1.82, 2.24) is 14.8 Å². The molecule has 0 spiro atoms. The normalized spacial score (nSPS) is 20.1. The Hall–Kier alpha value is -1.81. The summed E-state index contributed by atoms with van der Waals surface area (Å²) in [7, 11) is 0. The zero-order chi connectivity index (χ0) is 16.4. The molecule has 127 valence electrons. The average Bonchev–Trinajstić information content (AvgIpc) is 3.30. The average molecular weight is 324 g/mol. The number of benzene rings is 1. The Morgan fingerprint density at radius 1 is 1.17 bits per heavy atom. The molecule has 2 aromatic rings. The molecule has 0 saturated carbocycles.